The summed E-state index contributed by atoms with van der Waals surface area (Å²) >= 11 is 1.07. The maximum absolute atomic E-state index is 13.0. The lowest BCUT2D eigenvalue weighted by atomic mass is 9.88. The number of carbonyl (C=O) groups is 1. The molecule has 0 aromatic carbocycles. The molecule has 1 aliphatic rings. The van der Waals surface area contributed by atoms with Crippen LogP contribution in [0.3, 0.4) is 0 Å². The van der Waals surface area contributed by atoms with Crippen molar-refractivity contribution in [1.82, 2.24) is 4.57 Å². The number of thiazole rings is 1. The standard InChI is InChI=1S/C20H15N3O5S/c1-2-26-20(25)16-15(13-6-4-8-28-13)12(10-21)17(22)23-18(24)14(29-19(16)23)9-11-5-3-7-27-11/h3-9,15H,2,22H2,1H3/b14-9-. The summed E-state index contributed by atoms with van der Waals surface area (Å²) in [6.07, 6.45) is 4.49. The van der Waals surface area contributed by atoms with Gasteiger partial charge in [-0.25, -0.2) is 4.79 Å². The summed E-state index contributed by atoms with van der Waals surface area (Å²) in [6.45, 7) is 1.81. The molecule has 8 nitrogen and oxygen atoms in total. The fourth-order valence-electron chi connectivity index (χ4n) is 3.20. The Morgan fingerprint density at radius 1 is 1.38 bits per heavy atom. The molecule has 0 amide bonds. The summed E-state index contributed by atoms with van der Waals surface area (Å²) in [5, 5.41) is 9.76. The predicted molar refractivity (Wildman–Crippen MR) is 105 cm³/mol. The van der Waals surface area contributed by atoms with Crippen molar-refractivity contribution < 1.29 is 18.4 Å². The summed E-state index contributed by atoms with van der Waals surface area (Å²) in [5.74, 6) is -0.726. The molecule has 146 valence electrons. The number of nitrogens with two attached hydrogens (primary N) is 1. The van der Waals surface area contributed by atoms with Gasteiger partial charge in [0.15, 0.2) is 0 Å². The predicted octanol–water partition coefficient (Wildman–Crippen LogP) is 1.09. The molecule has 2 N–H and O–H groups in total. The Kier molecular flexibility index (Phi) is 4.70. The summed E-state index contributed by atoms with van der Waals surface area (Å²) in [5.41, 5.74) is 5.93. The van der Waals surface area contributed by atoms with Gasteiger partial charge in [-0.15, -0.1) is 11.3 Å². The third-order valence-corrected chi connectivity index (χ3v) is 5.52. The van der Waals surface area contributed by atoms with E-state index in [1.165, 1.54) is 17.1 Å². The van der Waals surface area contributed by atoms with Gasteiger partial charge >= 0.3 is 5.97 Å². The molecule has 0 fully saturated rings. The number of furan rings is 2. The van der Waals surface area contributed by atoms with Gasteiger partial charge in [0.1, 0.15) is 22.0 Å². The van der Waals surface area contributed by atoms with Crippen LogP contribution < -0.4 is 20.5 Å². The van der Waals surface area contributed by atoms with Crippen molar-refractivity contribution in [1.29, 1.82) is 5.26 Å². The monoisotopic (exact) mass is 409 g/mol. The first kappa shape index (κ1) is 18.6. The third-order valence-electron chi connectivity index (χ3n) is 4.41. The molecule has 1 unspecified atom stereocenters. The van der Waals surface area contributed by atoms with Crippen LogP contribution in [0.4, 0.5) is 0 Å². The number of carbonyl (C=O) groups excluding carboxylic acids is 1. The van der Waals surface area contributed by atoms with Gasteiger partial charge in [0.05, 0.1) is 46.8 Å². The molecule has 0 aliphatic carbocycles. The van der Waals surface area contributed by atoms with Crippen molar-refractivity contribution in [3.63, 3.8) is 0 Å². The van der Waals surface area contributed by atoms with Crippen LogP contribution in [-0.2, 0) is 9.53 Å². The van der Waals surface area contributed by atoms with Crippen molar-refractivity contribution in [3.05, 3.63) is 73.4 Å². The zero-order valence-corrected chi connectivity index (χ0v) is 16.1. The van der Waals surface area contributed by atoms with E-state index >= 15 is 0 Å². The molecule has 0 spiro atoms. The van der Waals surface area contributed by atoms with E-state index < -0.39 is 17.4 Å². The highest BCUT2D eigenvalue weighted by atomic mass is 32.1. The molecular weight excluding hydrogens is 394 g/mol. The molecule has 1 aliphatic heterocycles. The fourth-order valence-corrected chi connectivity index (χ4v) is 4.34. The number of fused-ring (bicyclic) bond motifs is 1. The average molecular weight is 409 g/mol. The van der Waals surface area contributed by atoms with Crippen molar-refractivity contribution in [2.45, 2.75) is 12.8 Å². The van der Waals surface area contributed by atoms with Crippen LogP contribution in [0.15, 0.2) is 56.0 Å². The summed E-state index contributed by atoms with van der Waals surface area (Å²) < 4.78 is 17.7. The molecule has 3 aromatic heterocycles. The quantitative estimate of drug-likeness (QED) is 0.640. The number of nitrogens with zero attached hydrogens (tertiary/aromatic N) is 2. The Bertz CT molecular complexity index is 1320. The molecule has 29 heavy (non-hydrogen) atoms. The fraction of sp³-hybridized carbons (Fsp3) is 0.150. The van der Waals surface area contributed by atoms with Crippen molar-refractivity contribution >= 4 is 34.8 Å². The maximum atomic E-state index is 13.0. The van der Waals surface area contributed by atoms with E-state index in [2.05, 4.69) is 0 Å². The van der Waals surface area contributed by atoms with Gasteiger partial charge in [-0.05, 0) is 31.2 Å². The average Bonchev–Trinajstić information content (AvgIpc) is 3.45. The second-order valence-corrected chi connectivity index (χ2v) is 7.10. The van der Waals surface area contributed by atoms with Crippen LogP contribution in [0.1, 0.15) is 24.4 Å². The lowest BCUT2D eigenvalue weighted by Crippen LogP contribution is -2.40. The lowest BCUT2D eigenvalue weighted by molar-refractivity contribution is -0.136. The van der Waals surface area contributed by atoms with E-state index in [4.69, 9.17) is 19.3 Å². The van der Waals surface area contributed by atoms with Gasteiger partial charge < -0.3 is 19.3 Å². The number of hydrogen-bond acceptors (Lipinski definition) is 8. The van der Waals surface area contributed by atoms with Crippen molar-refractivity contribution in [2.24, 2.45) is 5.73 Å². The molecule has 0 bridgehead atoms. The van der Waals surface area contributed by atoms with Gasteiger partial charge in [0.2, 0.25) is 0 Å². The van der Waals surface area contributed by atoms with Gasteiger partial charge in [0, 0.05) is 6.08 Å². The smallest absolute Gasteiger partial charge is 0.338 e. The summed E-state index contributed by atoms with van der Waals surface area (Å²) in [4.78, 5) is 25.9. The number of esters is 1. The van der Waals surface area contributed by atoms with Gasteiger partial charge in [0.25, 0.3) is 5.56 Å². The van der Waals surface area contributed by atoms with E-state index in [0.717, 1.165) is 11.3 Å². The van der Waals surface area contributed by atoms with Crippen LogP contribution in [0.2, 0.25) is 0 Å². The molecule has 4 rings (SSSR count). The summed E-state index contributed by atoms with van der Waals surface area (Å²) in [6, 6.07) is 8.71. The first-order chi connectivity index (χ1) is 14.1. The highest BCUT2D eigenvalue weighted by Crippen LogP contribution is 2.36. The van der Waals surface area contributed by atoms with E-state index in [0.29, 0.717) is 20.7 Å². The van der Waals surface area contributed by atoms with Crippen molar-refractivity contribution in [2.75, 3.05) is 6.61 Å². The number of ether oxygens (including phenoxy) is 1. The highest BCUT2D eigenvalue weighted by Gasteiger charge is 2.37. The molecular formula is C20H15N3O5S. The van der Waals surface area contributed by atoms with Crippen LogP contribution in [-0.4, -0.2) is 17.1 Å². The van der Waals surface area contributed by atoms with E-state index in [9.17, 15) is 14.9 Å². The summed E-state index contributed by atoms with van der Waals surface area (Å²) in [7, 11) is 0. The molecule has 0 saturated carbocycles. The lowest BCUT2D eigenvalue weighted by Gasteiger charge is -2.22. The SMILES string of the molecule is CCOC(=O)C1=c2s/c(=C\c3ccco3)c(=O)n2C(N)=C(C#N)C1c1ccco1. The highest BCUT2D eigenvalue weighted by molar-refractivity contribution is 7.07. The molecule has 4 heterocycles. The second kappa shape index (κ2) is 7.33. The largest absolute Gasteiger partial charge is 0.468 e. The Morgan fingerprint density at radius 3 is 2.76 bits per heavy atom. The van der Waals surface area contributed by atoms with Crippen LogP contribution in [0.25, 0.3) is 17.5 Å². The molecule has 3 aromatic rings. The first-order valence-corrected chi connectivity index (χ1v) is 9.50. The Balaban J connectivity index is 2.11. The number of hydrogen-bond donors (Lipinski definition) is 1. The normalized spacial score (nSPS) is 16.6. The van der Waals surface area contributed by atoms with Crippen LogP contribution in [0, 0.1) is 11.3 Å². The number of aromatic nitrogens is 1. The Hall–Kier alpha value is -3.77. The third kappa shape index (κ3) is 2.99. The van der Waals surface area contributed by atoms with Gasteiger partial charge in [-0.3, -0.25) is 9.36 Å². The van der Waals surface area contributed by atoms with E-state index in [1.54, 1.807) is 37.3 Å². The maximum Gasteiger partial charge on any atom is 0.338 e. The minimum absolute atomic E-state index is 0.0416. The molecule has 0 radical (unpaired) electrons. The number of rotatable bonds is 4. The number of allylic oxidation sites excluding steroid dienone is 1. The van der Waals surface area contributed by atoms with E-state index in [1.807, 2.05) is 6.07 Å². The minimum atomic E-state index is -0.872. The zero-order chi connectivity index (χ0) is 20.5. The Labute approximate surface area is 168 Å². The molecule has 0 saturated heterocycles. The van der Waals surface area contributed by atoms with Crippen molar-refractivity contribution in [3.8, 4) is 6.07 Å². The zero-order valence-electron chi connectivity index (χ0n) is 15.2. The second-order valence-electron chi connectivity index (χ2n) is 6.07. The van der Waals surface area contributed by atoms with Gasteiger partial charge in [-0.2, -0.15) is 5.26 Å². The Morgan fingerprint density at radius 2 is 2.14 bits per heavy atom. The molecule has 9 heteroatoms. The van der Waals surface area contributed by atoms with Gasteiger partial charge in [-0.1, -0.05) is 0 Å². The topological polar surface area (TPSA) is 124 Å². The number of nitriles is 1. The minimum Gasteiger partial charge on any atom is -0.468 e. The van der Waals surface area contributed by atoms with E-state index in [-0.39, 0.29) is 23.6 Å². The van der Waals surface area contributed by atoms with Crippen LogP contribution >= 0.6 is 11.3 Å². The van der Waals surface area contributed by atoms with Crippen LogP contribution in [0.5, 0.6) is 0 Å². The molecule has 1 atom stereocenters. The first-order valence-electron chi connectivity index (χ1n) is 8.68.